The number of benzene rings is 1. The van der Waals surface area contributed by atoms with E-state index in [0.29, 0.717) is 18.1 Å². The number of aryl methyl sites for hydroxylation is 1. The number of rotatable bonds is 4. The quantitative estimate of drug-likeness (QED) is 0.928. The largest absolute Gasteiger partial charge is 0.352 e. The molecule has 1 N–H and O–H groups in total. The van der Waals surface area contributed by atoms with Crippen molar-refractivity contribution >= 4 is 29.1 Å². The normalized spacial score (nSPS) is 17.2. The third kappa shape index (κ3) is 3.57. The highest BCUT2D eigenvalue weighted by Crippen LogP contribution is 2.28. The van der Waals surface area contributed by atoms with Gasteiger partial charge in [0, 0.05) is 42.6 Å². The Morgan fingerprint density at radius 2 is 2.25 bits per heavy atom. The van der Waals surface area contributed by atoms with Crippen molar-refractivity contribution in [3.05, 3.63) is 58.9 Å². The van der Waals surface area contributed by atoms with Crippen molar-refractivity contribution in [2.45, 2.75) is 19.9 Å². The van der Waals surface area contributed by atoms with Crippen LogP contribution >= 0.6 is 11.6 Å². The second kappa shape index (κ2) is 7.01. The Balaban J connectivity index is 1.63. The highest BCUT2D eigenvalue weighted by molar-refractivity contribution is 6.31. The van der Waals surface area contributed by atoms with Gasteiger partial charge in [-0.05, 0) is 36.2 Å². The lowest BCUT2D eigenvalue weighted by atomic mass is 10.1. The molecule has 1 aliphatic rings. The molecule has 2 aromatic rings. The summed E-state index contributed by atoms with van der Waals surface area (Å²) in [4.78, 5) is 30.2. The van der Waals surface area contributed by atoms with Crippen LogP contribution in [0.2, 0.25) is 5.02 Å². The van der Waals surface area contributed by atoms with E-state index >= 15 is 0 Å². The highest BCUT2D eigenvalue weighted by atomic mass is 35.5. The van der Waals surface area contributed by atoms with Gasteiger partial charge in [-0.15, -0.1) is 0 Å². The summed E-state index contributed by atoms with van der Waals surface area (Å²) >= 11 is 6.13. The van der Waals surface area contributed by atoms with Crippen LogP contribution in [0.1, 0.15) is 17.5 Å². The number of nitrogens with one attached hydrogen (secondary N) is 1. The lowest BCUT2D eigenvalue weighted by Crippen LogP contribution is -2.32. The van der Waals surface area contributed by atoms with E-state index in [1.54, 1.807) is 23.4 Å². The van der Waals surface area contributed by atoms with Crippen molar-refractivity contribution in [1.82, 2.24) is 10.3 Å². The zero-order valence-electron chi connectivity index (χ0n) is 13.3. The zero-order valence-corrected chi connectivity index (χ0v) is 14.1. The standard InChI is InChI=1S/C18H18ClN3O2/c1-12-4-5-15(8-16(12)19)22-11-14(7-17(22)23)18(24)21-10-13-3-2-6-20-9-13/h2-6,8-9,14H,7,10-11H2,1H3,(H,21,24). The Kier molecular flexibility index (Phi) is 4.81. The topological polar surface area (TPSA) is 62.3 Å². The predicted octanol–water partition coefficient (Wildman–Crippen LogP) is 2.71. The molecule has 1 aliphatic heterocycles. The maximum atomic E-state index is 12.3. The lowest BCUT2D eigenvalue weighted by Gasteiger charge is -2.17. The fourth-order valence-electron chi connectivity index (χ4n) is 2.72. The minimum atomic E-state index is -0.353. The van der Waals surface area contributed by atoms with Gasteiger partial charge in [0.25, 0.3) is 0 Å². The van der Waals surface area contributed by atoms with Gasteiger partial charge in [-0.1, -0.05) is 23.7 Å². The van der Waals surface area contributed by atoms with Gasteiger partial charge in [0.05, 0.1) is 5.92 Å². The van der Waals surface area contributed by atoms with Crippen molar-refractivity contribution in [2.75, 3.05) is 11.4 Å². The van der Waals surface area contributed by atoms with Crippen LogP contribution in [0.15, 0.2) is 42.7 Å². The number of hydrogen-bond acceptors (Lipinski definition) is 3. The van der Waals surface area contributed by atoms with Gasteiger partial charge in [-0.25, -0.2) is 0 Å². The first-order valence-corrected chi connectivity index (χ1v) is 8.15. The first-order chi connectivity index (χ1) is 11.5. The fourth-order valence-corrected chi connectivity index (χ4v) is 2.89. The lowest BCUT2D eigenvalue weighted by molar-refractivity contribution is -0.126. The minimum Gasteiger partial charge on any atom is -0.352 e. The van der Waals surface area contributed by atoms with E-state index in [2.05, 4.69) is 10.3 Å². The molecule has 5 nitrogen and oxygen atoms in total. The summed E-state index contributed by atoms with van der Waals surface area (Å²) in [5.74, 6) is -0.529. The van der Waals surface area contributed by atoms with E-state index in [-0.39, 0.29) is 24.2 Å². The summed E-state index contributed by atoms with van der Waals surface area (Å²) in [6.45, 7) is 2.69. The summed E-state index contributed by atoms with van der Waals surface area (Å²) in [6.07, 6.45) is 3.61. The molecule has 0 bridgehead atoms. The van der Waals surface area contributed by atoms with Crippen molar-refractivity contribution in [3.63, 3.8) is 0 Å². The van der Waals surface area contributed by atoms with Crippen molar-refractivity contribution in [3.8, 4) is 0 Å². The molecule has 1 fully saturated rings. The third-order valence-electron chi connectivity index (χ3n) is 4.15. The number of hydrogen-bond donors (Lipinski definition) is 1. The highest BCUT2D eigenvalue weighted by Gasteiger charge is 2.35. The van der Waals surface area contributed by atoms with Crippen molar-refractivity contribution < 1.29 is 9.59 Å². The third-order valence-corrected chi connectivity index (χ3v) is 4.56. The molecule has 0 aliphatic carbocycles. The van der Waals surface area contributed by atoms with Gasteiger partial charge in [-0.3, -0.25) is 14.6 Å². The average molecular weight is 344 g/mol. The van der Waals surface area contributed by atoms with Gasteiger partial charge >= 0.3 is 0 Å². The van der Waals surface area contributed by atoms with Gasteiger partial charge in [0.15, 0.2) is 0 Å². The van der Waals surface area contributed by atoms with Gasteiger partial charge in [-0.2, -0.15) is 0 Å². The Labute approximate surface area is 145 Å². The van der Waals surface area contributed by atoms with Crippen molar-refractivity contribution in [2.24, 2.45) is 5.92 Å². The number of carbonyl (C=O) groups is 2. The van der Waals surface area contributed by atoms with Crippen LogP contribution in [0.4, 0.5) is 5.69 Å². The van der Waals surface area contributed by atoms with Crippen LogP contribution in [0.3, 0.4) is 0 Å². The fraction of sp³-hybridized carbons (Fsp3) is 0.278. The monoisotopic (exact) mass is 343 g/mol. The Bertz CT molecular complexity index is 764. The van der Waals surface area contributed by atoms with E-state index in [1.807, 2.05) is 31.2 Å². The van der Waals surface area contributed by atoms with Gasteiger partial charge < -0.3 is 10.2 Å². The first-order valence-electron chi connectivity index (χ1n) is 7.77. The summed E-state index contributed by atoms with van der Waals surface area (Å²) in [6, 6.07) is 9.22. The van der Waals surface area contributed by atoms with E-state index in [1.165, 1.54) is 0 Å². The maximum Gasteiger partial charge on any atom is 0.227 e. The van der Waals surface area contributed by atoms with E-state index in [0.717, 1.165) is 16.8 Å². The molecular formula is C18H18ClN3O2. The summed E-state index contributed by atoms with van der Waals surface area (Å²) in [5, 5.41) is 3.49. The zero-order chi connectivity index (χ0) is 17.1. The summed E-state index contributed by atoms with van der Waals surface area (Å²) in [5.41, 5.74) is 2.62. The number of halogens is 1. The number of amides is 2. The molecule has 0 radical (unpaired) electrons. The maximum absolute atomic E-state index is 12.3. The van der Waals surface area contributed by atoms with Crippen LogP contribution in [0.5, 0.6) is 0 Å². The Morgan fingerprint density at radius 3 is 2.96 bits per heavy atom. The molecule has 1 aromatic carbocycles. The molecule has 124 valence electrons. The smallest absolute Gasteiger partial charge is 0.227 e. The Hall–Kier alpha value is -2.40. The van der Waals surface area contributed by atoms with Gasteiger partial charge in [0.1, 0.15) is 0 Å². The number of pyridine rings is 1. The molecule has 2 heterocycles. The van der Waals surface area contributed by atoms with Crippen LogP contribution in [-0.2, 0) is 16.1 Å². The Morgan fingerprint density at radius 1 is 1.42 bits per heavy atom. The van der Waals surface area contributed by atoms with Crippen molar-refractivity contribution in [1.29, 1.82) is 0 Å². The van der Waals surface area contributed by atoms with Crippen LogP contribution in [0.25, 0.3) is 0 Å². The van der Waals surface area contributed by atoms with Crippen LogP contribution in [-0.4, -0.2) is 23.3 Å². The van der Waals surface area contributed by atoms with Crippen LogP contribution < -0.4 is 10.2 Å². The second-order valence-electron chi connectivity index (χ2n) is 5.92. The van der Waals surface area contributed by atoms with E-state index in [9.17, 15) is 9.59 Å². The number of nitrogens with zero attached hydrogens (tertiary/aromatic N) is 2. The molecule has 1 unspecified atom stereocenters. The molecule has 0 saturated carbocycles. The molecule has 1 aromatic heterocycles. The average Bonchev–Trinajstić information content (AvgIpc) is 2.98. The minimum absolute atomic E-state index is 0.0588. The first kappa shape index (κ1) is 16.5. The molecule has 3 rings (SSSR count). The van der Waals surface area contributed by atoms with Crippen LogP contribution in [0, 0.1) is 12.8 Å². The molecular weight excluding hydrogens is 326 g/mol. The second-order valence-corrected chi connectivity index (χ2v) is 6.33. The number of aromatic nitrogens is 1. The molecule has 0 spiro atoms. The SMILES string of the molecule is Cc1ccc(N2CC(C(=O)NCc3cccnc3)CC2=O)cc1Cl. The number of carbonyl (C=O) groups excluding carboxylic acids is 2. The molecule has 1 saturated heterocycles. The molecule has 1 atom stereocenters. The molecule has 2 amide bonds. The predicted molar refractivity (Wildman–Crippen MR) is 92.7 cm³/mol. The molecule has 24 heavy (non-hydrogen) atoms. The van der Waals surface area contributed by atoms with Gasteiger partial charge in [0.2, 0.25) is 11.8 Å². The molecule has 6 heteroatoms. The van der Waals surface area contributed by atoms with E-state index in [4.69, 9.17) is 11.6 Å². The van der Waals surface area contributed by atoms with E-state index < -0.39 is 0 Å². The summed E-state index contributed by atoms with van der Waals surface area (Å²) in [7, 11) is 0. The number of anilines is 1. The summed E-state index contributed by atoms with van der Waals surface area (Å²) < 4.78 is 0.